The molecule has 10 heteroatoms. The Morgan fingerprint density at radius 2 is 2.07 bits per heavy atom. The van der Waals surface area contributed by atoms with E-state index in [-0.39, 0.29) is 29.5 Å². The van der Waals surface area contributed by atoms with Gasteiger partial charge < -0.3 is 14.8 Å². The number of urea groups is 1. The van der Waals surface area contributed by atoms with Crippen LogP contribution in [0, 0.1) is 5.92 Å². The monoisotopic (exact) mass is 395 g/mol. The third kappa shape index (κ3) is 3.38. The molecule has 150 valence electrons. The molecule has 0 spiro atoms. The molecule has 0 saturated carbocycles. The Labute approximate surface area is 158 Å². The SMILES string of the molecule is Cn1cc(CNC(=O)N2C[C@@H]3C[C@H](C2)c2cccc(=O)n2C3)c(C(F)(F)F)n1. The molecule has 2 aromatic rings. The van der Waals surface area contributed by atoms with E-state index in [1.54, 1.807) is 15.5 Å². The maximum atomic E-state index is 13.0. The highest BCUT2D eigenvalue weighted by Gasteiger charge is 2.38. The second-order valence-corrected chi connectivity index (χ2v) is 7.44. The Hall–Kier alpha value is -2.78. The van der Waals surface area contributed by atoms with E-state index in [0.29, 0.717) is 19.6 Å². The number of aromatic nitrogens is 3. The van der Waals surface area contributed by atoms with Gasteiger partial charge in [0.15, 0.2) is 5.69 Å². The molecule has 4 heterocycles. The average Bonchev–Trinajstić information content (AvgIpc) is 3.02. The lowest BCUT2D eigenvalue weighted by Gasteiger charge is -2.42. The predicted octanol–water partition coefficient (Wildman–Crippen LogP) is 1.93. The molecule has 2 amide bonds. The van der Waals surface area contributed by atoms with Gasteiger partial charge in [0.05, 0.1) is 0 Å². The van der Waals surface area contributed by atoms with Gasteiger partial charge in [-0.2, -0.15) is 18.3 Å². The van der Waals surface area contributed by atoms with E-state index in [4.69, 9.17) is 0 Å². The van der Waals surface area contributed by atoms with Gasteiger partial charge in [0, 0.05) is 62.7 Å². The van der Waals surface area contributed by atoms with Crippen LogP contribution in [0.1, 0.15) is 29.3 Å². The minimum absolute atomic E-state index is 0.0404. The Morgan fingerprint density at radius 1 is 1.29 bits per heavy atom. The molecule has 2 bridgehead atoms. The largest absolute Gasteiger partial charge is 0.435 e. The van der Waals surface area contributed by atoms with Crippen LogP contribution >= 0.6 is 0 Å². The fraction of sp³-hybridized carbons (Fsp3) is 0.500. The van der Waals surface area contributed by atoms with Crippen molar-refractivity contribution in [1.29, 1.82) is 0 Å². The number of nitrogens with zero attached hydrogens (tertiary/aromatic N) is 4. The summed E-state index contributed by atoms with van der Waals surface area (Å²) in [7, 11) is 1.41. The van der Waals surface area contributed by atoms with E-state index in [2.05, 4.69) is 10.4 Å². The molecule has 1 N–H and O–H groups in total. The molecule has 2 aromatic heterocycles. The number of halogens is 3. The van der Waals surface area contributed by atoms with E-state index in [0.717, 1.165) is 16.8 Å². The van der Waals surface area contributed by atoms with Crippen molar-refractivity contribution >= 4 is 6.03 Å². The zero-order valence-electron chi connectivity index (χ0n) is 15.2. The number of piperidine rings is 1. The number of amides is 2. The summed E-state index contributed by atoms with van der Waals surface area (Å²) in [6.45, 7) is 1.22. The Bertz CT molecular complexity index is 965. The van der Waals surface area contributed by atoms with Crippen LogP contribution in [0.25, 0.3) is 0 Å². The van der Waals surface area contributed by atoms with Crippen LogP contribution in [0.4, 0.5) is 18.0 Å². The third-order valence-corrected chi connectivity index (χ3v) is 5.37. The topological polar surface area (TPSA) is 72.2 Å². The number of carbonyl (C=O) groups is 1. The van der Waals surface area contributed by atoms with E-state index >= 15 is 0 Å². The number of carbonyl (C=O) groups excluding carboxylic acids is 1. The van der Waals surface area contributed by atoms with Crippen LogP contribution in [0.2, 0.25) is 0 Å². The van der Waals surface area contributed by atoms with Crippen LogP contribution in [0.3, 0.4) is 0 Å². The van der Waals surface area contributed by atoms with Crippen LogP contribution < -0.4 is 10.9 Å². The van der Waals surface area contributed by atoms with Crippen molar-refractivity contribution in [3.8, 4) is 0 Å². The van der Waals surface area contributed by atoms with E-state index < -0.39 is 17.9 Å². The molecule has 2 aliphatic heterocycles. The summed E-state index contributed by atoms with van der Waals surface area (Å²) >= 11 is 0. The van der Waals surface area contributed by atoms with Crippen molar-refractivity contribution in [1.82, 2.24) is 24.6 Å². The maximum Gasteiger partial charge on any atom is 0.435 e. The third-order valence-electron chi connectivity index (χ3n) is 5.37. The van der Waals surface area contributed by atoms with Gasteiger partial charge in [0.1, 0.15) is 0 Å². The molecule has 7 nitrogen and oxygen atoms in total. The summed E-state index contributed by atoms with van der Waals surface area (Å²) in [6.07, 6.45) is -2.41. The molecule has 2 atom stereocenters. The number of alkyl halides is 3. The number of nitrogens with one attached hydrogen (secondary N) is 1. The van der Waals surface area contributed by atoms with Crippen molar-refractivity contribution in [3.05, 3.63) is 51.7 Å². The molecular weight excluding hydrogens is 375 g/mol. The number of rotatable bonds is 2. The average molecular weight is 395 g/mol. The number of hydrogen-bond donors (Lipinski definition) is 1. The summed E-state index contributed by atoms with van der Waals surface area (Å²) in [6, 6.07) is 4.74. The first-order valence-corrected chi connectivity index (χ1v) is 9.04. The summed E-state index contributed by atoms with van der Waals surface area (Å²) in [5.74, 6) is 0.206. The van der Waals surface area contributed by atoms with Gasteiger partial charge in [0.2, 0.25) is 0 Å². The van der Waals surface area contributed by atoms with Crippen LogP contribution in [0.15, 0.2) is 29.2 Å². The van der Waals surface area contributed by atoms with E-state index in [1.165, 1.54) is 19.3 Å². The zero-order chi connectivity index (χ0) is 20.1. The van der Waals surface area contributed by atoms with E-state index in [1.807, 2.05) is 6.07 Å². The van der Waals surface area contributed by atoms with Crippen molar-refractivity contribution in [3.63, 3.8) is 0 Å². The number of likely N-dealkylation sites (tertiary alicyclic amines) is 1. The fourth-order valence-electron chi connectivity index (χ4n) is 4.25. The molecule has 1 fully saturated rings. The van der Waals surface area contributed by atoms with Gasteiger partial charge in [-0.05, 0) is 18.4 Å². The Kier molecular flexibility index (Phi) is 4.43. The molecule has 28 heavy (non-hydrogen) atoms. The molecule has 0 radical (unpaired) electrons. The highest BCUT2D eigenvalue weighted by Crippen LogP contribution is 2.35. The second-order valence-electron chi connectivity index (χ2n) is 7.44. The quantitative estimate of drug-likeness (QED) is 0.845. The summed E-state index contributed by atoms with van der Waals surface area (Å²) < 4.78 is 42.0. The molecule has 0 aromatic carbocycles. The lowest BCUT2D eigenvalue weighted by molar-refractivity contribution is -0.142. The predicted molar refractivity (Wildman–Crippen MR) is 93.6 cm³/mol. The van der Waals surface area contributed by atoms with E-state index in [9.17, 15) is 22.8 Å². The summed E-state index contributed by atoms with van der Waals surface area (Å²) in [5.41, 5.74) is -0.189. The smallest absolute Gasteiger partial charge is 0.334 e. The standard InChI is InChI=1S/C18H20F3N5O2/c1-24-9-13(16(23-24)18(19,20)21)6-22-17(28)25-7-11-5-12(10-25)14-3-2-4-15(27)26(14)8-11/h2-4,9,11-12H,5-8,10H2,1H3,(H,22,28)/t11-,12+/m0/s1. The second kappa shape index (κ2) is 6.68. The highest BCUT2D eigenvalue weighted by atomic mass is 19.4. The number of aryl methyl sites for hydroxylation is 1. The van der Waals surface area contributed by atoms with Crippen molar-refractivity contribution < 1.29 is 18.0 Å². The number of hydrogen-bond acceptors (Lipinski definition) is 3. The van der Waals surface area contributed by atoms with Crippen molar-refractivity contribution in [2.45, 2.75) is 31.6 Å². The van der Waals surface area contributed by atoms with Gasteiger partial charge in [-0.15, -0.1) is 0 Å². The van der Waals surface area contributed by atoms with Crippen LogP contribution in [-0.2, 0) is 26.3 Å². The molecule has 0 unspecified atom stereocenters. The highest BCUT2D eigenvalue weighted by molar-refractivity contribution is 5.74. The van der Waals surface area contributed by atoms with Crippen molar-refractivity contribution in [2.75, 3.05) is 13.1 Å². The number of pyridine rings is 1. The first-order chi connectivity index (χ1) is 13.2. The molecule has 0 aliphatic carbocycles. The Morgan fingerprint density at radius 3 is 2.82 bits per heavy atom. The number of fused-ring (bicyclic) bond motifs is 4. The van der Waals surface area contributed by atoms with Gasteiger partial charge in [0.25, 0.3) is 5.56 Å². The minimum atomic E-state index is -4.57. The lowest BCUT2D eigenvalue weighted by atomic mass is 9.83. The van der Waals surface area contributed by atoms with Crippen LogP contribution in [-0.4, -0.2) is 38.4 Å². The maximum absolute atomic E-state index is 13.0. The molecule has 1 saturated heterocycles. The van der Waals surface area contributed by atoms with Crippen molar-refractivity contribution in [2.24, 2.45) is 13.0 Å². The first kappa shape index (κ1) is 18.6. The summed E-state index contributed by atoms with van der Waals surface area (Å²) in [5, 5.41) is 6.03. The van der Waals surface area contributed by atoms with Gasteiger partial charge in [-0.3, -0.25) is 9.48 Å². The van der Waals surface area contributed by atoms with Gasteiger partial charge >= 0.3 is 12.2 Å². The zero-order valence-corrected chi connectivity index (χ0v) is 15.2. The normalized spacial score (nSPS) is 21.4. The van der Waals surface area contributed by atoms with Gasteiger partial charge in [-0.25, -0.2) is 4.79 Å². The molecular formula is C18H20F3N5O2. The molecule has 2 aliphatic rings. The first-order valence-electron chi connectivity index (χ1n) is 9.04. The van der Waals surface area contributed by atoms with Crippen LogP contribution in [0.5, 0.6) is 0 Å². The lowest BCUT2D eigenvalue weighted by Crippen LogP contribution is -2.51. The molecule has 4 rings (SSSR count). The summed E-state index contributed by atoms with van der Waals surface area (Å²) in [4.78, 5) is 26.3. The van der Waals surface area contributed by atoms with Gasteiger partial charge in [-0.1, -0.05) is 6.07 Å². The Balaban J connectivity index is 1.46. The fourth-order valence-corrected chi connectivity index (χ4v) is 4.25. The minimum Gasteiger partial charge on any atom is -0.334 e.